The summed E-state index contributed by atoms with van der Waals surface area (Å²) >= 11 is 0. The number of hydrogen-bond donors (Lipinski definition) is 0. The Bertz CT molecular complexity index is 1060. The number of aromatic nitrogens is 6. The van der Waals surface area contributed by atoms with Crippen molar-refractivity contribution >= 4 is 0 Å². The zero-order chi connectivity index (χ0) is 21.1. The van der Waals surface area contributed by atoms with Gasteiger partial charge >= 0.3 is 0 Å². The van der Waals surface area contributed by atoms with Crippen molar-refractivity contribution in [1.82, 2.24) is 39.3 Å². The van der Waals surface area contributed by atoms with Crippen molar-refractivity contribution in [2.75, 3.05) is 32.7 Å². The number of piperazine rings is 1. The molecule has 0 N–H and O–H groups in total. The molecule has 9 heteroatoms. The molecule has 3 aromatic rings. The highest BCUT2D eigenvalue weighted by molar-refractivity contribution is 5.23. The van der Waals surface area contributed by atoms with E-state index < -0.39 is 0 Å². The van der Waals surface area contributed by atoms with E-state index in [9.17, 15) is 4.79 Å². The summed E-state index contributed by atoms with van der Waals surface area (Å²) in [4.78, 5) is 25.7. The maximum absolute atomic E-state index is 12.3. The SMILES string of the molecule is Cc1cc(C)n(-c2ccc(=O)n(CCN3CCN(Cc4ccnc(C)n4)CC3)n2)n1. The van der Waals surface area contributed by atoms with E-state index in [-0.39, 0.29) is 5.56 Å². The molecule has 0 aliphatic carbocycles. The molecule has 4 rings (SSSR count). The molecule has 0 radical (unpaired) electrons. The molecule has 9 nitrogen and oxygen atoms in total. The highest BCUT2D eigenvalue weighted by atomic mass is 16.1. The predicted octanol–water partition coefficient (Wildman–Crippen LogP) is 0.962. The second-order valence-corrected chi connectivity index (χ2v) is 7.80. The van der Waals surface area contributed by atoms with Crippen molar-refractivity contribution in [1.29, 1.82) is 0 Å². The summed E-state index contributed by atoms with van der Waals surface area (Å²) in [6.45, 7) is 12.0. The Labute approximate surface area is 176 Å². The van der Waals surface area contributed by atoms with Crippen LogP contribution in [-0.2, 0) is 13.1 Å². The van der Waals surface area contributed by atoms with Gasteiger partial charge in [-0.05, 0) is 39.0 Å². The van der Waals surface area contributed by atoms with Gasteiger partial charge in [0.1, 0.15) is 5.82 Å². The van der Waals surface area contributed by atoms with E-state index in [2.05, 4.69) is 30.0 Å². The summed E-state index contributed by atoms with van der Waals surface area (Å²) in [6.07, 6.45) is 1.82. The van der Waals surface area contributed by atoms with Crippen molar-refractivity contribution in [2.24, 2.45) is 0 Å². The molecule has 0 unspecified atom stereocenters. The van der Waals surface area contributed by atoms with Crippen LogP contribution in [0.25, 0.3) is 5.82 Å². The molecule has 0 atom stereocenters. The van der Waals surface area contributed by atoms with Gasteiger partial charge in [0.15, 0.2) is 5.82 Å². The van der Waals surface area contributed by atoms with E-state index in [1.807, 2.05) is 39.1 Å². The van der Waals surface area contributed by atoms with E-state index in [4.69, 9.17) is 0 Å². The predicted molar refractivity (Wildman–Crippen MR) is 114 cm³/mol. The Morgan fingerprint density at radius 2 is 1.70 bits per heavy atom. The third-order valence-corrected chi connectivity index (χ3v) is 5.39. The standard InChI is InChI=1S/C21H28N8O/c1-16-14-17(2)29(24-16)20-4-5-21(30)28(25-20)13-12-26-8-10-27(11-9-26)15-19-6-7-22-18(3)23-19/h4-7,14H,8-13,15H2,1-3H3. The van der Waals surface area contributed by atoms with Crippen molar-refractivity contribution < 1.29 is 0 Å². The average Bonchev–Trinajstić information content (AvgIpc) is 3.06. The molecule has 4 heterocycles. The minimum absolute atomic E-state index is 0.0851. The minimum Gasteiger partial charge on any atom is -0.299 e. The molecular formula is C21H28N8O. The van der Waals surface area contributed by atoms with Crippen LogP contribution in [0, 0.1) is 20.8 Å². The van der Waals surface area contributed by atoms with Gasteiger partial charge in [0, 0.05) is 57.2 Å². The summed E-state index contributed by atoms with van der Waals surface area (Å²) in [5, 5.41) is 9.00. The van der Waals surface area contributed by atoms with Crippen LogP contribution >= 0.6 is 0 Å². The molecular weight excluding hydrogens is 380 g/mol. The molecule has 1 aliphatic rings. The van der Waals surface area contributed by atoms with E-state index in [1.165, 1.54) is 0 Å². The monoisotopic (exact) mass is 408 g/mol. The second kappa shape index (κ2) is 8.85. The smallest absolute Gasteiger partial charge is 0.266 e. The molecule has 0 saturated carbocycles. The first kappa shape index (κ1) is 20.4. The lowest BCUT2D eigenvalue weighted by Gasteiger charge is -2.34. The molecule has 158 valence electrons. The summed E-state index contributed by atoms with van der Waals surface area (Å²) in [6, 6.07) is 7.28. The first-order valence-electron chi connectivity index (χ1n) is 10.3. The molecule has 0 aromatic carbocycles. The van der Waals surface area contributed by atoms with Gasteiger partial charge in [-0.15, -0.1) is 5.10 Å². The van der Waals surface area contributed by atoms with Crippen molar-refractivity contribution in [2.45, 2.75) is 33.9 Å². The fourth-order valence-corrected chi connectivity index (χ4v) is 3.80. The van der Waals surface area contributed by atoms with E-state index in [1.54, 1.807) is 21.5 Å². The normalized spacial score (nSPS) is 15.6. The van der Waals surface area contributed by atoms with Crippen molar-refractivity contribution in [3.05, 3.63) is 63.7 Å². The molecule has 0 amide bonds. The maximum Gasteiger partial charge on any atom is 0.266 e. The Morgan fingerprint density at radius 1 is 0.933 bits per heavy atom. The first-order valence-corrected chi connectivity index (χ1v) is 10.3. The van der Waals surface area contributed by atoms with Crippen LogP contribution in [0.2, 0.25) is 0 Å². The fraction of sp³-hybridized carbons (Fsp3) is 0.476. The summed E-state index contributed by atoms with van der Waals surface area (Å²) in [7, 11) is 0. The Balaban J connectivity index is 1.33. The molecule has 0 bridgehead atoms. The van der Waals surface area contributed by atoms with E-state index in [0.29, 0.717) is 12.4 Å². The van der Waals surface area contributed by atoms with E-state index in [0.717, 1.165) is 62.2 Å². The molecule has 1 aliphatic heterocycles. The number of nitrogens with zero attached hydrogens (tertiary/aromatic N) is 8. The van der Waals surface area contributed by atoms with Crippen LogP contribution in [0.5, 0.6) is 0 Å². The third kappa shape index (κ3) is 4.80. The average molecular weight is 409 g/mol. The topological polar surface area (TPSA) is 85.0 Å². The molecule has 3 aromatic heterocycles. The van der Waals surface area contributed by atoms with Crippen LogP contribution < -0.4 is 5.56 Å². The summed E-state index contributed by atoms with van der Waals surface area (Å²) < 4.78 is 3.32. The Morgan fingerprint density at radius 3 is 2.40 bits per heavy atom. The molecule has 0 spiro atoms. The van der Waals surface area contributed by atoms with Crippen LogP contribution in [0.4, 0.5) is 0 Å². The van der Waals surface area contributed by atoms with Crippen molar-refractivity contribution in [3.63, 3.8) is 0 Å². The van der Waals surface area contributed by atoms with Crippen LogP contribution in [0.3, 0.4) is 0 Å². The highest BCUT2D eigenvalue weighted by Gasteiger charge is 2.18. The number of hydrogen-bond acceptors (Lipinski definition) is 7. The third-order valence-electron chi connectivity index (χ3n) is 5.39. The van der Waals surface area contributed by atoms with Crippen LogP contribution in [-0.4, -0.2) is 72.1 Å². The number of aryl methyl sites for hydroxylation is 3. The summed E-state index contributed by atoms with van der Waals surface area (Å²) in [5.74, 6) is 1.48. The van der Waals surface area contributed by atoms with Gasteiger partial charge in [0.2, 0.25) is 0 Å². The van der Waals surface area contributed by atoms with Gasteiger partial charge in [0.25, 0.3) is 5.56 Å². The molecule has 1 fully saturated rings. The largest absolute Gasteiger partial charge is 0.299 e. The van der Waals surface area contributed by atoms with Gasteiger partial charge in [-0.2, -0.15) is 5.10 Å². The van der Waals surface area contributed by atoms with E-state index >= 15 is 0 Å². The zero-order valence-electron chi connectivity index (χ0n) is 17.8. The fourth-order valence-electron chi connectivity index (χ4n) is 3.80. The quantitative estimate of drug-likeness (QED) is 0.601. The lowest BCUT2D eigenvalue weighted by molar-refractivity contribution is 0.121. The van der Waals surface area contributed by atoms with Gasteiger partial charge in [-0.3, -0.25) is 14.6 Å². The van der Waals surface area contributed by atoms with Gasteiger partial charge in [0.05, 0.1) is 17.9 Å². The van der Waals surface area contributed by atoms with Crippen LogP contribution in [0.15, 0.2) is 35.3 Å². The summed E-state index contributed by atoms with van der Waals surface area (Å²) in [5.41, 5.74) is 2.91. The number of rotatable bonds is 6. The van der Waals surface area contributed by atoms with Crippen LogP contribution in [0.1, 0.15) is 22.9 Å². The lowest BCUT2D eigenvalue weighted by atomic mass is 10.3. The minimum atomic E-state index is -0.0851. The lowest BCUT2D eigenvalue weighted by Crippen LogP contribution is -2.47. The molecule has 1 saturated heterocycles. The second-order valence-electron chi connectivity index (χ2n) is 7.80. The maximum atomic E-state index is 12.3. The first-order chi connectivity index (χ1) is 14.5. The van der Waals surface area contributed by atoms with Gasteiger partial charge in [-0.25, -0.2) is 19.3 Å². The van der Waals surface area contributed by atoms with Crippen molar-refractivity contribution in [3.8, 4) is 5.82 Å². The van der Waals surface area contributed by atoms with Gasteiger partial charge < -0.3 is 0 Å². The zero-order valence-corrected chi connectivity index (χ0v) is 17.8. The van der Waals surface area contributed by atoms with Gasteiger partial charge in [-0.1, -0.05) is 0 Å². The Hall–Kier alpha value is -2.91. The molecule has 30 heavy (non-hydrogen) atoms. The Kier molecular flexibility index (Phi) is 6.01. The highest BCUT2D eigenvalue weighted by Crippen LogP contribution is 2.09.